The predicted molar refractivity (Wildman–Crippen MR) is 65.6 cm³/mol. The van der Waals surface area contributed by atoms with Crippen LogP contribution < -0.4 is 5.73 Å². The number of amides is 1. The van der Waals surface area contributed by atoms with Gasteiger partial charge in [-0.2, -0.15) is 0 Å². The maximum Gasteiger partial charge on any atom is 0.228 e. The van der Waals surface area contributed by atoms with Crippen LogP contribution in [0, 0.1) is 5.92 Å². The lowest BCUT2D eigenvalue weighted by Crippen LogP contribution is -2.39. The number of hydrogen-bond acceptors (Lipinski definition) is 4. The van der Waals surface area contributed by atoms with Gasteiger partial charge in [-0.05, 0) is 19.4 Å². The van der Waals surface area contributed by atoms with Crippen molar-refractivity contribution in [2.75, 3.05) is 52.5 Å². The van der Waals surface area contributed by atoms with E-state index >= 15 is 0 Å². The number of nitrogens with two attached hydrogens (primary N) is 1. The number of carbonyl (C=O) groups excluding carboxylic acids is 1. The standard InChI is InChI=1S/C12H23N3O2/c13-3-6-14-4-1-5-15(8-7-14)12(16)11-2-9-17-10-11/h11H,1-10,13H2. The highest BCUT2D eigenvalue weighted by Gasteiger charge is 2.28. The summed E-state index contributed by atoms with van der Waals surface area (Å²) in [6, 6.07) is 0. The van der Waals surface area contributed by atoms with E-state index in [4.69, 9.17) is 10.5 Å². The lowest BCUT2D eigenvalue weighted by Gasteiger charge is -2.23. The van der Waals surface area contributed by atoms with E-state index in [2.05, 4.69) is 4.90 Å². The lowest BCUT2D eigenvalue weighted by atomic mass is 10.1. The first-order valence-electron chi connectivity index (χ1n) is 6.60. The van der Waals surface area contributed by atoms with Crippen molar-refractivity contribution in [1.82, 2.24) is 9.80 Å². The van der Waals surface area contributed by atoms with Crippen LogP contribution in [0.1, 0.15) is 12.8 Å². The van der Waals surface area contributed by atoms with Crippen molar-refractivity contribution in [3.63, 3.8) is 0 Å². The van der Waals surface area contributed by atoms with E-state index in [1.54, 1.807) is 0 Å². The van der Waals surface area contributed by atoms with Crippen molar-refractivity contribution >= 4 is 5.91 Å². The minimum absolute atomic E-state index is 0.107. The molecule has 2 fully saturated rings. The van der Waals surface area contributed by atoms with Gasteiger partial charge in [-0.15, -0.1) is 0 Å². The van der Waals surface area contributed by atoms with Crippen molar-refractivity contribution in [1.29, 1.82) is 0 Å². The van der Waals surface area contributed by atoms with Gasteiger partial charge in [0.05, 0.1) is 12.5 Å². The molecule has 2 aliphatic heterocycles. The summed E-state index contributed by atoms with van der Waals surface area (Å²) < 4.78 is 5.29. The molecule has 0 aliphatic carbocycles. The molecule has 2 saturated heterocycles. The lowest BCUT2D eigenvalue weighted by molar-refractivity contribution is -0.135. The number of hydrogen-bond donors (Lipinski definition) is 1. The largest absolute Gasteiger partial charge is 0.381 e. The Bertz CT molecular complexity index is 254. The number of rotatable bonds is 3. The smallest absolute Gasteiger partial charge is 0.228 e. The SMILES string of the molecule is NCCN1CCCN(C(=O)C2CCOC2)CC1. The molecular weight excluding hydrogens is 218 g/mol. The number of nitrogens with zero attached hydrogens (tertiary/aromatic N) is 2. The molecule has 1 unspecified atom stereocenters. The third-order valence-corrected chi connectivity index (χ3v) is 3.62. The van der Waals surface area contributed by atoms with Gasteiger partial charge < -0.3 is 20.3 Å². The second kappa shape index (κ2) is 6.33. The van der Waals surface area contributed by atoms with Gasteiger partial charge in [0, 0.05) is 39.3 Å². The molecule has 98 valence electrons. The van der Waals surface area contributed by atoms with Crippen LogP contribution in [0.15, 0.2) is 0 Å². The van der Waals surface area contributed by atoms with Crippen molar-refractivity contribution < 1.29 is 9.53 Å². The first kappa shape index (κ1) is 12.8. The van der Waals surface area contributed by atoms with Crippen molar-refractivity contribution in [3.8, 4) is 0 Å². The summed E-state index contributed by atoms with van der Waals surface area (Å²) in [7, 11) is 0. The Morgan fingerprint density at radius 1 is 1.29 bits per heavy atom. The fourth-order valence-corrected chi connectivity index (χ4v) is 2.58. The highest BCUT2D eigenvalue weighted by atomic mass is 16.5. The van der Waals surface area contributed by atoms with Gasteiger partial charge in [0.25, 0.3) is 0 Å². The minimum Gasteiger partial charge on any atom is -0.381 e. The Morgan fingerprint density at radius 2 is 2.18 bits per heavy atom. The summed E-state index contributed by atoms with van der Waals surface area (Å²) in [6.07, 6.45) is 1.95. The molecule has 0 aromatic rings. The molecule has 0 aromatic carbocycles. The Labute approximate surface area is 103 Å². The molecule has 0 radical (unpaired) electrons. The van der Waals surface area contributed by atoms with Crippen LogP contribution >= 0.6 is 0 Å². The zero-order chi connectivity index (χ0) is 12.1. The van der Waals surface area contributed by atoms with E-state index in [0.717, 1.165) is 52.2 Å². The van der Waals surface area contributed by atoms with E-state index in [9.17, 15) is 4.79 Å². The monoisotopic (exact) mass is 241 g/mol. The first-order valence-corrected chi connectivity index (χ1v) is 6.60. The van der Waals surface area contributed by atoms with E-state index in [-0.39, 0.29) is 11.8 Å². The van der Waals surface area contributed by atoms with Gasteiger partial charge in [0.1, 0.15) is 0 Å². The van der Waals surface area contributed by atoms with Gasteiger partial charge in [-0.1, -0.05) is 0 Å². The summed E-state index contributed by atoms with van der Waals surface area (Å²) in [5.74, 6) is 0.396. The summed E-state index contributed by atoms with van der Waals surface area (Å²) in [4.78, 5) is 16.6. The number of ether oxygens (including phenoxy) is 1. The zero-order valence-electron chi connectivity index (χ0n) is 10.4. The first-order chi connectivity index (χ1) is 8.31. The van der Waals surface area contributed by atoms with Gasteiger partial charge in [0.2, 0.25) is 5.91 Å². The minimum atomic E-state index is 0.107. The molecular formula is C12H23N3O2. The van der Waals surface area contributed by atoms with E-state index < -0.39 is 0 Å². The topological polar surface area (TPSA) is 58.8 Å². The Balaban J connectivity index is 1.83. The van der Waals surface area contributed by atoms with E-state index in [1.165, 1.54) is 0 Å². The molecule has 0 spiro atoms. The second-order valence-corrected chi connectivity index (χ2v) is 4.87. The van der Waals surface area contributed by atoms with Crippen LogP contribution in [-0.2, 0) is 9.53 Å². The fraction of sp³-hybridized carbons (Fsp3) is 0.917. The molecule has 0 bridgehead atoms. The Hall–Kier alpha value is -0.650. The molecule has 1 amide bonds. The normalized spacial score (nSPS) is 27.1. The van der Waals surface area contributed by atoms with Crippen LogP contribution in [0.4, 0.5) is 0 Å². The second-order valence-electron chi connectivity index (χ2n) is 4.87. The van der Waals surface area contributed by atoms with Crippen LogP contribution in [0.25, 0.3) is 0 Å². The Morgan fingerprint density at radius 3 is 2.88 bits per heavy atom. The van der Waals surface area contributed by atoms with Crippen molar-refractivity contribution in [3.05, 3.63) is 0 Å². The molecule has 2 aliphatic rings. The maximum atomic E-state index is 12.2. The van der Waals surface area contributed by atoms with Gasteiger partial charge in [-0.3, -0.25) is 4.79 Å². The number of carbonyl (C=O) groups is 1. The fourth-order valence-electron chi connectivity index (χ4n) is 2.58. The molecule has 2 N–H and O–H groups in total. The molecule has 0 saturated carbocycles. The van der Waals surface area contributed by atoms with Crippen LogP contribution in [-0.4, -0.2) is 68.2 Å². The molecule has 1 atom stereocenters. The van der Waals surface area contributed by atoms with E-state index in [1.807, 2.05) is 4.90 Å². The molecule has 2 heterocycles. The van der Waals surface area contributed by atoms with Gasteiger partial charge in [0.15, 0.2) is 0 Å². The van der Waals surface area contributed by atoms with Crippen molar-refractivity contribution in [2.45, 2.75) is 12.8 Å². The van der Waals surface area contributed by atoms with Gasteiger partial charge in [-0.25, -0.2) is 0 Å². The molecule has 2 rings (SSSR count). The summed E-state index contributed by atoms with van der Waals surface area (Å²) in [6.45, 7) is 6.73. The molecule has 5 nitrogen and oxygen atoms in total. The summed E-state index contributed by atoms with van der Waals surface area (Å²) in [5.41, 5.74) is 5.57. The maximum absolute atomic E-state index is 12.2. The van der Waals surface area contributed by atoms with Crippen molar-refractivity contribution in [2.24, 2.45) is 11.7 Å². The average Bonchev–Trinajstić information content (AvgIpc) is 2.76. The summed E-state index contributed by atoms with van der Waals surface area (Å²) >= 11 is 0. The molecule has 17 heavy (non-hydrogen) atoms. The van der Waals surface area contributed by atoms with Gasteiger partial charge >= 0.3 is 0 Å². The molecule has 0 aromatic heterocycles. The summed E-state index contributed by atoms with van der Waals surface area (Å²) in [5, 5.41) is 0. The van der Waals surface area contributed by atoms with E-state index in [0.29, 0.717) is 13.2 Å². The highest BCUT2D eigenvalue weighted by molar-refractivity contribution is 5.79. The quantitative estimate of drug-likeness (QED) is 0.725. The molecule has 5 heteroatoms. The zero-order valence-corrected chi connectivity index (χ0v) is 10.4. The highest BCUT2D eigenvalue weighted by Crippen LogP contribution is 2.16. The average molecular weight is 241 g/mol. The third kappa shape index (κ3) is 3.40. The van der Waals surface area contributed by atoms with Crippen LogP contribution in [0.2, 0.25) is 0 Å². The van der Waals surface area contributed by atoms with Crippen LogP contribution in [0.5, 0.6) is 0 Å². The Kier molecular flexibility index (Phi) is 4.76. The van der Waals surface area contributed by atoms with Crippen LogP contribution in [0.3, 0.4) is 0 Å². The predicted octanol–water partition coefficient (Wildman–Crippen LogP) is -0.484. The third-order valence-electron chi connectivity index (χ3n) is 3.62.